The number of aromatic nitrogens is 2. The van der Waals surface area contributed by atoms with Crippen LogP contribution in [0, 0.1) is 0 Å². The minimum absolute atomic E-state index is 0.429. The van der Waals surface area contributed by atoms with Gasteiger partial charge in [0.2, 0.25) is 0 Å². The predicted molar refractivity (Wildman–Crippen MR) is 51.6 cm³/mol. The van der Waals surface area contributed by atoms with Gasteiger partial charge in [-0.2, -0.15) is 0 Å². The van der Waals surface area contributed by atoms with Crippen molar-refractivity contribution < 1.29 is 0 Å². The van der Waals surface area contributed by atoms with Crippen LogP contribution in [0.15, 0.2) is 18.6 Å². The fourth-order valence-corrected chi connectivity index (χ4v) is 2.38. The Morgan fingerprint density at radius 2 is 2.27 bits per heavy atom. The van der Waals surface area contributed by atoms with Crippen LogP contribution in [-0.2, 0) is 0 Å². The maximum Gasteiger partial charge on any atom is 0.0722 e. The number of hydrogen-bond acceptors (Lipinski definition) is 4. The molecule has 0 saturated carbocycles. The summed E-state index contributed by atoms with van der Waals surface area (Å²) in [4.78, 5) is 8.20. The second-order valence-electron chi connectivity index (χ2n) is 2.04. The fraction of sp³-hybridized carbons (Fsp3) is 0.429. The molecule has 60 valence electrons. The molecule has 1 unspecified atom stereocenters. The highest BCUT2D eigenvalue weighted by molar-refractivity contribution is 8.76. The van der Waals surface area contributed by atoms with Gasteiger partial charge in [0.1, 0.15) is 0 Å². The average molecular weight is 186 g/mol. The third-order valence-corrected chi connectivity index (χ3v) is 3.41. The van der Waals surface area contributed by atoms with Gasteiger partial charge in [0.25, 0.3) is 0 Å². The van der Waals surface area contributed by atoms with Gasteiger partial charge in [-0.1, -0.05) is 21.6 Å². The van der Waals surface area contributed by atoms with E-state index in [9.17, 15) is 0 Å². The van der Waals surface area contributed by atoms with Crippen molar-refractivity contribution in [3.63, 3.8) is 0 Å². The van der Waals surface area contributed by atoms with Crippen molar-refractivity contribution >= 4 is 21.6 Å². The molecule has 4 heteroatoms. The highest BCUT2D eigenvalue weighted by Gasteiger charge is 2.05. The summed E-state index contributed by atoms with van der Waals surface area (Å²) in [6.45, 7) is 2.13. The van der Waals surface area contributed by atoms with E-state index >= 15 is 0 Å². The topological polar surface area (TPSA) is 25.8 Å². The SMILES string of the molecule is CSSC(C)c1cnccn1. The number of nitrogens with zero attached hydrogens (tertiary/aromatic N) is 2. The summed E-state index contributed by atoms with van der Waals surface area (Å²) in [6, 6.07) is 0. The van der Waals surface area contributed by atoms with E-state index in [0.717, 1.165) is 5.69 Å². The number of rotatable bonds is 3. The molecule has 0 amide bonds. The first-order valence-electron chi connectivity index (χ1n) is 3.30. The van der Waals surface area contributed by atoms with E-state index in [1.54, 1.807) is 34.0 Å². The van der Waals surface area contributed by atoms with Crippen LogP contribution in [0.2, 0.25) is 0 Å². The monoisotopic (exact) mass is 186 g/mol. The van der Waals surface area contributed by atoms with Crippen LogP contribution in [0.4, 0.5) is 0 Å². The van der Waals surface area contributed by atoms with Gasteiger partial charge in [0, 0.05) is 18.6 Å². The fourth-order valence-electron chi connectivity index (χ4n) is 0.714. The second kappa shape index (κ2) is 4.62. The van der Waals surface area contributed by atoms with Gasteiger partial charge in [0.15, 0.2) is 0 Å². The van der Waals surface area contributed by atoms with E-state index in [-0.39, 0.29) is 0 Å². The Morgan fingerprint density at radius 1 is 1.45 bits per heavy atom. The van der Waals surface area contributed by atoms with Crippen molar-refractivity contribution in [2.45, 2.75) is 12.2 Å². The molecule has 1 heterocycles. The first kappa shape index (κ1) is 8.87. The average Bonchev–Trinajstić information content (AvgIpc) is 2.07. The molecule has 11 heavy (non-hydrogen) atoms. The summed E-state index contributed by atoms with van der Waals surface area (Å²) in [5.41, 5.74) is 1.05. The normalized spacial score (nSPS) is 12.9. The molecule has 1 aromatic heterocycles. The molecule has 0 aliphatic rings. The van der Waals surface area contributed by atoms with Crippen LogP contribution in [0.3, 0.4) is 0 Å². The van der Waals surface area contributed by atoms with Crippen LogP contribution in [0.5, 0.6) is 0 Å². The van der Waals surface area contributed by atoms with Crippen LogP contribution >= 0.6 is 21.6 Å². The number of hydrogen-bond donors (Lipinski definition) is 0. The van der Waals surface area contributed by atoms with Gasteiger partial charge >= 0.3 is 0 Å². The lowest BCUT2D eigenvalue weighted by atomic mass is 10.3. The Kier molecular flexibility index (Phi) is 3.72. The third kappa shape index (κ3) is 2.71. The maximum absolute atomic E-state index is 4.20. The van der Waals surface area contributed by atoms with Crippen LogP contribution in [-0.4, -0.2) is 16.2 Å². The quantitative estimate of drug-likeness (QED) is 0.678. The lowest BCUT2D eigenvalue weighted by molar-refractivity contribution is 0.982. The van der Waals surface area contributed by atoms with Crippen molar-refractivity contribution in [3.8, 4) is 0 Å². The van der Waals surface area contributed by atoms with Gasteiger partial charge < -0.3 is 0 Å². The molecule has 0 aromatic carbocycles. The highest BCUT2D eigenvalue weighted by Crippen LogP contribution is 2.34. The molecule has 0 aliphatic heterocycles. The van der Waals surface area contributed by atoms with E-state index in [4.69, 9.17) is 0 Å². The van der Waals surface area contributed by atoms with Gasteiger partial charge in [-0.05, 0) is 13.2 Å². The Bertz CT molecular complexity index is 203. The molecule has 2 nitrogen and oxygen atoms in total. The molecular formula is C7H10N2S2. The Morgan fingerprint density at radius 3 is 2.82 bits per heavy atom. The summed E-state index contributed by atoms with van der Waals surface area (Å²) in [7, 11) is 3.55. The van der Waals surface area contributed by atoms with Crippen molar-refractivity contribution in [2.75, 3.05) is 6.26 Å². The minimum Gasteiger partial charge on any atom is -0.261 e. The van der Waals surface area contributed by atoms with E-state index in [1.807, 2.05) is 6.20 Å². The Labute approximate surface area is 74.6 Å². The zero-order valence-corrected chi connectivity index (χ0v) is 8.15. The van der Waals surface area contributed by atoms with Crippen LogP contribution < -0.4 is 0 Å². The Balaban J connectivity index is 2.61. The molecule has 0 spiro atoms. The lowest BCUT2D eigenvalue weighted by Crippen LogP contribution is -1.91. The zero-order chi connectivity index (χ0) is 8.10. The molecular weight excluding hydrogens is 176 g/mol. The summed E-state index contributed by atoms with van der Waals surface area (Å²) in [6.07, 6.45) is 7.30. The summed E-state index contributed by atoms with van der Waals surface area (Å²) in [5, 5.41) is 0.429. The first-order chi connectivity index (χ1) is 5.34. The molecule has 0 fully saturated rings. The standard InChI is InChI=1S/C7H10N2S2/c1-6(11-10-2)7-5-8-3-4-9-7/h3-6H,1-2H3. The van der Waals surface area contributed by atoms with Gasteiger partial charge in [-0.15, -0.1) is 0 Å². The van der Waals surface area contributed by atoms with Gasteiger partial charge in [-0.3, -0.25) is 9.97 Å². The summed E-state index contributed by atoms with van der Waals surface area (Å²) >= 11 is 0. The van der Waals surface area contributed by atoms with Crippen molar-refractivity contribution in [1.82, 2.24) is 9.97 Å². The van der Waals surface area contributed by atoms with Gasteiger partial charge in [0.05, 0.1) is 10.9 Å². The van der Waals surface area contributed by atoms with E-state index in [2.05, 4.69) is 23.1 Å². The minimum atomic E-state index is 0.429. The predicted octanol–water partition coefficient (Wildman–Crippen LogP) is 2.55. The molecule has 0 aliphatic carbocycles. The largest absolute Gasteiger partial charge is 0.261 e. The molecule has 0 radical (unpaired) electrons. The second-order valence-corrected chi connectivity index (χ2v) is 4.85. The zero-order valence-electron chi connectivity index (χ0n) is 6.52. The van der Waals surface area contributed by atoms with Crippen molar-refractivity contribution in [2.24, 2.45) is 0 Å². The first-order valence-corrected chi connectivity index (χ1v) is 5.92. The molecule has 1 atom stereocenters. The lowest BCUT2D eigenvalue weighted by Gasteiger charge is -2.05. The highest BCUT2D eigenvalue weighted by atomic mass is 33.1. The van der Waals surface area contributed by atoms with Crippen LogP contribution in [0.25, 0.3) is 0 Å². The van der Waals surface area contributed by atoms with Crippen molar-refractivity contribution in [1.29, 1.82) is 0 Å². The van der Waals surface area contributed by atoms with E-state index < -0.39 is 0 Å². The molecule has 1 rings (SSSR count). The molecule has 1 aromatic rings. The summed E-state index contributed by atoms with van der Waals surface area (Å²) < 4.78 is 0. The smallest absolute Gasteiger partial charge is 0.0722 e. The van der Waals surface area contributed by atoms with E-state index in [1.165, 1.54) is 0 Å². The maximum atomic E-state index is 4.20. The van der Waals surface area contributed by atoms with Gasteiger partial charge in [-0.25, -0.2) is 0 Å². The Hall–Kier alpha value is -0.220. The molecule has 0 N–H and O–H groups in total. The van der Waals surface area contributed by atoms with Crippen LogP contribution in [0.1, 0.15) is 17.9 Å². The molecule has 0 bridgehead atoms. The third-order valence-electron chi connectivity index (χ3n) is 1.24. The van der Waals surface area contributed by atoms with E-state index in [0.29, 0.717) is 5.25 Å². The summed E-state index contributed by atoms with van der Waals surface area (Å²) in [5.74, 6) is 0. The van der Waals surface area contributed by atoms with Crippen molar-refractivity contribution in [3.05, 3.63) is 24.3 Å². The molecule has 0 saturated heterocycles.